The highest BCUT2D eigenvalue weighted by Crippen LogP contribution is 2.29. The van der Waals surface area contributed by atoms with Crippen molar-refractivity contribution in [3.8, 4) is 5.75 Å². The maximum Gasteiger partial charge on any atom is 0.416 e. The van der Waals surface area contributed by atoms with Crippen molar-refractivity contribution in [2.24, 2.45) is 10.9 Å². The van der Waals surface area contributed by atoms with E-state index in [0.717, 1.165) is 42.5 Å². The summed E-state index contributed by atoms with van der Waals surface area (Å²) in [6, 6.07) is 7.92. The summed E-state index contributed by atoms with van der Waals surface area (Å²) in [4.78, 5) is 17.3. The molecule has 27 heavy (non-hydrogen) atoms. The molecule has 8 nitrogen and oxygen atoms in total. The third-order valence-corrected chi connectivity index (χ3v) is 4.12. The van der Waals surface area contributed by atoms with E-state index in [9.17, 15) is 26.4 Å². The van der Waals surface area contributed by atoms with Crippen molar-refractivity contribution in [1.29, 1.82) is 5.41 Å². The van der Waals surface area contributed by atoms with Crippen molar-refractivity contribution >= 4 is 21.9 Å². The normalized spacial score (nSPS) is 11.7. The number of rotatable bonds is 4. The number of alkyl halides is 3. The Balaban J connectivity index is 2.30. The number of nitrogens with two attached hydrogens (primary N) is 2. The van der Waals surface area contributed by atoms with Gasteiger partial charge in [0.2, 0.25) is 16.0 Å². The van der Waals surface area contributed by atoms with Crippen LogP contribution in [0.25, 0.3) is 0 Å². The number of hydrogen-bond donors (Lipinski definition) is 3. The number of primary sulfonamides is 1. The van der Waals surface area contributed by atoms with E-state index in [0.29, 0.717) is 6.07 Å². The Morgan fingerprint density at radius 3 is 2.19 bits per heavy atom. The lowest BCUT2D eigenvalue weighted by Crippen LogP contribution is -2.43. The molecule has 12 heteroatoms. The Hall–Kier alpha value is -3.12. The molecule has 0 aromatic heterocycles. The third-order valence-electron chi connectivity index (χ3n) is 3.19. The Morgan fingerprint density at radius 1 is 1.11 bits per heavy atom. The molecule has 0 saturated carbocycles. The number of hydrogen-bond acceptors (Lipinski definition) is 5. The van der Waals surface area contributed by atoms with Gasteiger partial charge in [-0.05, 0) is 42.5 Å². The molecule has 0 saturated heterocycles. The molecule has 0 aliphatic rings. The quantitative estimate of drug-likeness (QED) is 0.406. The van der Waals surface area contributed by atoms with Gasteiger partial charge in [-0.2, -0.15) is 13.2 Å². The molecule has 1 amide bonds. The first-order valence-corrected chi connectivity index (χ1v) is 8.61. The van der Waals surface area contributed by atoms with E-state index in [-0.39, 0.29) is 15.7 Å². The number of nitrogens with one attached hydrogen (secondary N) is 1. The molecule has 0 heterocycles. The van der Waals surface area contributed by atoms with Crippen LogP contribution in [0.15, 0.2) is 53.4 Å². The van der Waals surface area contributed by atoms with E-state index in [1.54, 1.807) is 0 Å². The zero-order valence-electron chi connectivity index (χ0n) is 13.4. The number of nitrogens with zero attached hydrogens (tertiary/aromatic N) is 1. The lowest BCUT2D eigenvalue weighted by molar-refractivity contribution is -0.137. The van der Waals surface area contributed by atoms with Crippen LogP contribution < -0.4 is 15.7 Å². The molecule has 2 aromatic rings. The van der Waals surface area contributed by atoms with Gasteiger partial charge in [-0.1, -0.05) is 6.07 Å². The molecule has 2 aromatic carbocycles. The van der Waals surface area contributed by atoms with Gasteiger partial charge in [0.05, 0.1) is 10.5 Å². The number of hydroxylamine groups is 2. The Kier molecular flexibility index (Phi) is 5.42. The smallest absolute Gasteiger partial charge is 0.369 e. The predicted octanol–water partition coefficient (Wildman–Crippen LogP) is 1.68. The maximum atomic E-state index is 12.8. The zero-order chi connectivity index (χ0) is 20.4. The molecule has 0 aliphatic carbocycles. The minimum Gasteiger partial charge on any atom is -0.369 e. The van der Waals surface area contributed by atoms with Gasteiger partial charge in [-0.25, -0.2) is 13.6 Å². The summed E-state index contributed by atoms with van der Waals surface area (Å²) < 4.78 is 60.8. The molecule has 0 radical (unpaired) electrons. The molecule has 144 valence electrons. The summed E-state index contributed by atoms with van der Waals surface area (Å²) in [6.07, 6.45) is -4.66. The van der Waals surface area contributed by atoms with Gasteiger partial charge in [-0.3, -0.25) is 10.2 Å². The fraction of sp³-hybridized carbons (Fsp3) is 0.0667. The molecule has 0 fully saturated rings. The van der Waals surface area contributed by atoms with E-state index in [4.69, 9.17) is 21.1 Å². The van der Waals surface area contributed by atoms with Crippen molar-refractivity contribution in [2.75, 3.05) is 0 Å². The second-order valence-electron chi connectivity index (χ2n) is 5.17. The lowest BCUT2D eigenvalue weighted by atomic mass is 10.1. The van der Waals surface area contributed by atoms with Crippen LogP contribution in [0.3, 0.4) is 0 Å². The van der Waals surface area contributed by atoms with Crippen LogP contribution in [0.2, 0.25) is 0 Å². The molecule has 0 bridgehead atoms. The summed E-state index contributed by atoms with van der Waals surface area (Å²) in [5, 5.41) is 12.6. The number of amides is 1. The van der Waals surface area contributed by atoms with Gasteiger partial charge >= 0.3 is 6.18 Å². The molecule has 5 N–H and O–H groups in total. The third kappa shape index (κ3) is 4.95. The minimum absolute atomic E-state index is 0.0991. The fourth-order valence-corrected chi connectivity index (χ4v) is 2.46. The Labute approximate surface area is 151 Å². The number of sulfonamides is 1. The monoisotopic (exact) mass is 402 g/mol. The molecule has 2 rings (SSSR count). The first-order chi connectivity index (χ1) is 12.4. The molecule has 0 unspecified atom stereocenters. The number of guanidine groups is 1. The van der Waals surface area contributed by atoms with Gasteiger partial charge in [-0.15, -0.1) is 5.06 Å². The zero-order valence-corrected chi connectivity index (χ0v) is 14.2. The van der Waals surface area contributed by atoms with Crippen LogP contribution in [0, 0.1) is 5.41 Å². The Bertz CT molecular complexity index is 975. The van der Waals surface area contributed by atoms with E-state index < -0.39 is 39.2 Å². The number of carbonyl (C=O) groups is 1. The molecule has 0 atom stereocenters. The summed E-state index contributed by atoms with van der Waals surface area (Å²) in [5.41, 5.74) is 3.79. The van der Waals surface area contributed by atoms with Crippen molar-refractivity contribution in [3.63, 3.8) is 0 Å². The van der Waals surface area contributed by atoms with Crippen LogP contribution in [-0.2, 0) is 16.2 Å². The highest BCUT2D eigenvalue weighted by molar-refractivity contribution is 7.89. The van der Waals surface area contributed by atoms with Gasteiger partial charge in [0.25, 0.3) is 5.91 Å². The average molecular weight is 402 g/mol. The van der Waals surface area contributed by atoms with Gasteiger partial charge in [0, 0.05) is 5.56 Å². The maximum absolute atomic E-state index is 12.8. The summed E-state index contributed by atoms with van der Waals surface area (Å²) in [6.45, 7) is 0. The minimum atomic E-state index is -4.66. The number of halogens is 3. The second kappa shape index (κ2) is 7.25. The van der Waals surface area contributed by atoms with Crippen LogP contribution >= 0.6 is 0 Å². The highest BCUT2D eigenvalue weighted by atomic mass is 32.2. The first-order valence-electron chi connectivity index (χ1n) is 7.06. The fourth-order valence-electron chi connectivity index (χ4n) is 1.94. The largest absolute Gasteiger partial charge is 0.416 e. The summed E-state index contributed by atoms with van der Waals surface area (Å²) >= 11 is 0. The van der Waals surface area contributed by atoms with Gasteiger partial charge in [0.15, 0.2) is 5.75 Å². The van der Waals surface area contributed by atoms with E-state index in [2.05, 4.69) is 0 Å². The highest BCUT2D eigenvalue weighted by Gasteiger charge is 2.32. The van der Waals surface area contributed by atoms with E-state index in [1.807, 2.05) is 0 Å². The molecule has 0 aliphatic heterocycles. The number of benzene rings is 2. The SMILES string of the molecule is N=C(N)N(Oc1ccc(S(N)(=O)=O)cc1)C(=O)c1cccc(C(F)(F)F)c1. The van der Waals surface area contributed by atoms with Gasteiger partial charge < -0.3 is 10.6 Å². The van der Waals surface area contributed by atoms with Crippen molar-refractivity contribution in [3.05, 3.63) is 59.7 Å². The lowest BCUT2D eigenvalue weighted by Gasteiger charge is -2.20. The van der Waals surface area contributed by atoms with E-state index in [1.165, 1.54) is 0 Å². The summed E-state index contributed by atoms with van der Waals surface area (Å²) in [5.74, 6) is -2.12. The van der Waals surface area contributed by atoms with Gasteiger partial charge in [0.1, 0.15) is 0 Å². The molecule has 0 spiro atoms. The van der Waals surface area contributed by atoms with Crippen molar-refractivity contribution < 1.29 is 31.2 Å². The van der Waals surface area contributed by atoms with Crippen LogP contribution in [0.1, 0.15) is 15.9 Å². The van der Waals surface area contributed by atoms with Crippen LogP contribution in [-0.4, -0.2) is 25.3 Å². The Morgan fingerprint density at radius 2 is 1.70 bits per heavy atom. The molecular weight excluding hydrogens is 389 g/mol. The first kappa shape index (κ1) is 20.2. The predicted molar refractivity (Wildman–Crippen MR) is 88.0 cm³/mol. The summed E-state index contributed by atoms with van der Waals surface area (Å²) in [7, 11) is -3.95. The van der Waals surface area contributed by atoms with E-state index >= 15 is 0 Å². The van der Waals surface area contributed by atoms with Crippen molar-refractivity contribution in [2.45, 2.75) is 11.1 Å². The molecular formula is C15H13F3N4O4S. The standard InChI is InChI=1S/C15H13F3N4O4S/c16-15(17,18)10-3-1-2-9(8-10)13(23)22(14(19)20)26-11-4-6-12(7-5-11)27(21,24)25/h1-8H,(H3,19,20)(H2,21,24,25). The van der Waals surface area contributed by atoms with Crippen LogP contribution in [0.5, 0.6) is 5.75 Å². The van der Waals surface area contributed by atoms with Crippen LogP contribution in [0.4, 0.5) is 13.2 Å². The average Bonchev–Trinajstić information content (AvgIpc) is 2.58. The number of carbonyl (C=O) groups excluding carboxylic acids is 1. The van der Waals surface area contributed by atoms with Crippen molar-refractivity contribution in [1.82, 2.24) is 5.06 Å². The second-order valence-corrected chi connectivity index (χ2v) is 6.73. The topological polar surface area (TPSA) is 140 Å².